The van der Waals surface area contributed by atoms with E-state index in [0.717, 1.165) is 38.6 Å². The Labute approximate surface area is 142 Å². The SMILES string of the molecule is CCNC(=NCc1sccc1C)NCC1CCCO1.I. The van der Waals surface area contributed by atoms with E-state index in [-0.39, 0.29) is 24.0 Å². The number of rotatable bonds is 5. The first-order valence-electron chi connectivity index (χ1n) is 6.96. The van der Waals surface area contributed by atoms with Crippen LogP contribution in [-0.2, 0) is 11.3 Å². The third-order valence-electron chi connectivity index (χ3n) is 3.21. The summed E-state index contributed by atoms with van der Waals surface area (Å²) in [4.78, 5) is 5.96. The molecule has 1 aliphatic rings. The summed E-state index contributed by atoms with van der Waals surface area (Å²) < 4.78 is 5.61. The molecule has 1 fully saturated rings. The Morgan fingerprint density at radius 3 is 2.95 bits per heavy atom. The van der Waals surface area contributed by atoms with Crippen LogP contribution in [0.3, 0.4) is 0 Å². The molecule has 1 atom stereocenters. The van der Waals surface area contributed by atoms with Gasteiger partial charge in [0.1, 0.15) is 0 Å². The van der Waals surface area contributed by atoms with Gasteiger partial charge in [-0.05, 0) is 43.7 Å². The van der Waals surface area contributed by atoms with Gasteiger partial charge in [-0.3, -0.25) is 0 Å². The minimum atomic E-state index is 0. The number of aliphatic imine (C=N–C) groups is 1. The number of hydrogen-bond donors (Lipinski definition) is 2. The van der Waals surface area contributed by atoms with Gasteiger partial charge in [-0.2, -0.15) is 0 Å². The molecule has 2 heterocycles. The highest BCUT2D eigenvalue weighted by molar-refractivity contribution is 14.0. The molecule has 1 unspecified atom stereocenters. The van der Waals surface area contributed by atoms with Crippen LogP contribution in [0.25, 0.3) is 0 Å². The van der Waals surface area contributed by atoms with Crippen molar-refractivity contribution in [2.75, 3.05) is 19.7 Å². The fourth-order valence-electron chi connectivity index (χ4n) is 2.07. The maximum absolute atomic E-state index is 5.61. The first-order chi connectivity index (χ1) is 9.29. The van der Waals surface area contributed by atoms with Gasteiger partial charge in [0, 0.05) is 24.6 Å². The van der Waals surface area contributed by atoms with Crippen molar-refractivity contribution < 1.29 is 4.74 Å². The van der Waals surface area contributed by atoms with E-state index >= 15 is 0 Å². The Kier molecular flexibility index (Phi) is 8.47. The van der Waals surface area contributed by atoms with Crippen molar-refractivity contribution in [3.05, 3.63) is 21.9 Å². The van der Waals surface area contributed by atoms with Gasteiger partial charge in [0.2, 0.25) is 0 Å². The van der Waals surface area contributed by atoms with Gasteiger partial charge >= 0.3 is 0 Å². The zero-order valence-electron chi connectivity index (χ0n) is 12.1. The molecule has 114 valence electrons. The van der Waals surface area contributed by atoms with Crippen LogP contribution in [0.5, 0.6) is 0 Å². The quantitative estimate of drug-likeness (QED) is 0.447. The third-order valence-corrected chi connectivity index (χ3v) is 4.22. The van der Waals surface area contributed by atoms with Gasteiger partial charge in [0.25, 0.3) is 0 Å². The van der Waals surface area contributed by atoms with E-state index < -0.39 is 0 Å². The van der Waals surface area contributed by atoms with Gasteiger partial charge in [-0.15, -0.1) is 35.3 Å². The molecule has 0 aromatic carbocycles. The van der Waals surface area contributed by atoms with Crippen molar-refractivity contribution in [2.45, 2.75) is 39.3 Å². The molecule has 1 aromatic rings. The Hall–Kier alpha value is -0.340. The Bertz CT molecular complexity index is 416. The smallest absolute Gasteiger partial charge is 0.191 e. The molecule has 1 saturated heterocycles. The molecule has 0 amide bonds. The number of aryl methyl sites for hydroxylation is 1. The Morgan fingerprint density at radius 2 is 2.35 bits per heavy atom. The largest absolute Gasteiger partial charge is 0.376 e. The van der Waals surface area contributed by atoms with E-state index in [1.165, 1.54) is 16.9 Å². The predicted molar refractivity (Wildman–Crippen MR) is 96.3 cm³/mol. The van der Waals surface area contributed by atoms with E-state index in [4.69, 9.17) is 4.74 Å². The van der Waals surface area contributed by atoms with Crippen molar-refractivity contribution >= 4 is 41.3 Å². The summed E-state index contributed by atoms with van der Waals surface area (Å²) in [6.45, 7) is 7.57. The lowest BCUT2D eigenvalue weighted by molar-refractivity contribution is 0.114. The fraction of sp³-hybridized carbons (Fsp3) is 0.643. The van der Waals surface area contributed by atoms with Crippen molar-refractivity contribution in [3.8, 4) is 0 Å². The average Bonchev–Trinajstić information content (AvgIpc) is 3.04. The van der Waals surface area contributed by atoms with Crippen LogP contribution in [0.1, 0.15) is 30.2 Å². The summed E-state index contributed by atoms with van der Waals surface area (Å²) in [6.07, 6.45) is 2.66. The second-order valence-corrected chi connectivity index (χ2v) is 5.74. The monoisotopic (exact) mass is 409 g/mol. The van der Waals surface area contributed by atoms with Crippen LogP contribution in [0.4, 0.5) is 0 Å². The molecule has 0 radical (unpaired) electrons. The van der Waals surface area contributed by atoms with Crippen LogP contribution < -0.4 is 10.6 Å². The lowest BCUT2D eigenvalue weighted by atomic mass is 10.2. The zero-order chi connectivity index (χ0) is 13.5. The third kappa shape index (κ3) is 5.57. The number of ether oxygens (including phenoxy) is 1. The number of guanidine groups is 1. The number of nitrogens with one attached hydrogen (secondary N) is 2. The van der Waals surface area contributed by atoms with Gasteiger partial charge in [-0.1, -0.05) is 0 Å². The number of hydrogen-bond acceptors (Lipinski definition) is 3. The summed E-state index contributed by atoms with van der Waals surface area (Å²) >= 11 is 1.77. The summed E-state index contributed by atoms with van der Waals surface area (Å²) in [5.74, 6) is 0.880. The molecule has 1 aliphatic heterocycles. The minimum Gasteiger partial charge on any atom is -0.376 e. The maximum Gasteiger partial charge on any atom is 0.191 e. The number of thiophene rings is 1. The second kappa shape index (κ2) is 9.57. The number of nitrogens with zero attached hydrogens (tertiary/aromatic N) is 1. The van der Waals surface area contributed by atoms with E-state index in [1.54, 1.807) is 11.3 Å². The first-order valence-corrected chi connectivity index (χ1v) is 7.84. The minimum absolute atomic E-state index is 0. The number of halogens is 1. The van der Waals surface area contributed by atoms with Crippen LogP contribution >= 0.6 is 35.3 Å². The molecule has 0 spiro atoms. The maximum atomic E-state index is 5.61. The molecule has 6 heteroatoms. The average molecular weight is 409 g/mol. The molecule has 0 saturated carbocycles. The molecule has 0 bridgehead atoms. The molecule has 4 nitrogen and oxygen atoms in total. The highest BCUT2D eigenvalue weighted by Crippen LogP contribution is 2.16. The molecule has 20 heavy (non-hydrogen) atoms. The van der Waals surface area contributed by atoms with Crippen molar-refractivity contribution in [2.24, 2.45) is 4.99 Å². The van der Waals surface area contributed by atoms with E-state index in [0.29, 0.717) is 6.10 Å². The van der Waals surface area contributed by atoms with Crippen molar-refractivity contribution in [1.82, 2.24) is 10.6 Å². The zero-order valence-corrected chi connectivity index (χ0v) is 15.3. The predicted octanol–water partition coefficient (Wildman–Crippen LogP) is 2.91. The molecule has 1 aromatic heterocycles. The summed E-state index contributed by atoms with van der Waals surface area (Å²) in [6, 6.07) is 2.14. The van der Waals surface area contributed by atoms with Crippen LogP contribution in [0.2, 0.25) is 0 Å². The first kappa shape index (κ1) is 17.7. The van der Waals surface area contributed by atoms with Gasteiger partial charge in [0.05, 0.1) is 12.6 Å². The van der Waals surface area contributed by atoms with E-state index in [1.807, 2.05) is 0 Å². The summed E-state index contributed by atoms with van der Waals surface area (Å²) in [7, 11) is 0. The lowest BCUT2D eigenvalue weighted by Crippen LogP contribution is -2.41. The van der Waals surface area contributed by atoms with Gasteiger partial charge in [-0.25, -0.2) is 4.99 Å². The highest BCUT2D eigenvalue weighted by atomic mass is 127. The lowest BCUT2D eigenvalue weighted by Gasteiger charge is -2.14. The second-order valence-electron chi connectivity index (χ2n) is 4.74. The van der Waals surface area contributed by atoms with Crippen molar-refractivity contribution in [3.63, 3.8) is 0 Å². The van der Waals surface area contributed by atoms with E-state index in [9.17, 15) is 0 Å². The standard InChI is InChI=1S/C14H23N3OS.HI/c1-3-15-14(16-9-12-5-4-7-18-12)17-10-13-11(2)6-8-19-13;/h6,8,12H,3-5,7,9-10H2,1-2H3,(H2,15,16,17);1H. The van der Waals surface area contributed by atoms with Gasteiger partial charge < -0.3 is 15.4 Å². The molecule has 0 aliphatic carbocycles. The Morgan fingerprint density at radius 1 is 1.50 bits per heavy atom. The topological polar surface area (TPSA) is 45.7 Å². The van der Waals surface area contributed by atoms with E-state index in [2.05, 4.69) is 40.9 Å². The Balaban J connectivity index is 0.00000200. The highest BCUT2D eigenvalue weighted by Gasteiger charge is 2.15. The molecular formula is C14H24IN3OS. The van der Waals surface area contributed by atoms with Crippen molar-refractivity contribution in [1.29, 1.82) is 0 Å². The van der Waals surface area contributed by atoms with Crippen LogP contribution in [-0.4, -0.2) is 31.8 Å². The van der Waals surface area contributed by atoms with Gasteiger partial charge in [0.15, 0.2) is 5.96 Å². The van der Waals surface area contributed by atoms with Crippen LogP contribution in [0.15, 0.2) is 16.4 Å². The summed E-state index contributed by atoms with van der Waals surface area (Å²) in [5.41, 5.74) is 1.32. The fourth-order valence-corrected chi connectivity index (χ4v) is 2.90. The molecule has 2 N–H and O–H groups in total. The molecule has 2 rings (SSSR count). The van der Waals surface area contributed by atoms with Crippen LogP contribution in [0, 0.1) is 6.92 Å². The summed E-state index contributed by atoms with van der Waals surface area (Å²) in [5, 5.41) is 8.76. The molecular weight excluding hydrogens is 385 g/mol. The normalized spacial score (nSPS) is 18.7.